The van der Waals surface area contributed by atoms with Gasteiger partial charge in [0.2, 0.25) is 5.91 Å². The number of amides is 2. The van der Waals surface area contributed by atoms with Crippen molar-refractivity contribution in [2.75, 3.05) is 5.32 Å². The first-order chi connectivity index (χ1) is 13.0. The summed E-state index contributed by atoms with van der Waals surface area (Å²) in [5.41, 5.74) is 2.92. The van der Waals surface area contributed by atoms with E-state index in [4.69, 9.17) is 0 Å². The zero-order valence-corrected chi connectivity index (χ0v) is 15.7. The molecule has 0 aliphatic carbocycles. The summed E-state index contributed by atoms with van der Waals surface area (Å²) in [6, 6.07) is 16.3. The van der Waals surface area contributed by atoms with Gasteiger partial charge in [0, 0.05) is 10.9 Å². The first-order valence-corrected chi connectivity index (χ1v) is 8.98. The molecule has 27 heavy (non-hydrogen) atoms. The number of benzene rings is 2. The van der Waals surface area contributed by atoms with Gasteiger partial charge in [-0.15, -0.1) is 0 Å². The van der Waals surface area contributed by atoms with Crippen LogP contribution in [-0.4, -0.2) is 22.8 Å². The summed E-state index contributed by atoms with van der Waals surface area (Å²) in [6.07, 6.45) is 1.63. The Balaban J connectivity index is 1.76. The summed E-state index contributed by atoms with van der Waals surface area (Å²) in [6.45, 7) is 5.68. The van der Waals surface area contributed by atoms with E-state index in [0.29, 0.717) is 11.3 Å². The molecule has 2 amide bonds. The van der Waals surface area contributed by atoms with E-state index in [1.807, 2.05) is 69.3 Å². The second-order valence-corrected chi connectivity index (χ2v) is 6.92. The fourth-order valence-corrected chi connectivity index (χ4v) is 2.94. The lowest BCUT2D eigenvalue weighted by molar-refractivity contribution is -0.118. The molecule has 0 bridgehead atoms. The molecule has 2 aromatic carbocycles. The molecular formula is C22H23N3O2. The average molecular weight is 361 g/mol. The van der Waals surface area contributed by atoms with Gasteiger partial charge in [-0.25, -0.2) is 0 Å². The van der Waals surface area contributed by atoms with Gasteiger partial charge in [0.1, 0.15) is 6.04 Å². The van der Waals surface area contributed by atoms with Crippen molar-refractivity contribution in [1.29, 1.82) is 0 Å². The Kier molecular flexibility index (Phi) is 5.50. The van der Waals surface area contributed by atoms with Gasteiger partial charge in [-0.1, -0.05) is 50.2 Å². The molecule has 1 heterocycles. The maximum Gasteiger partial charge on any atom is 0.252 e. The van der Waals surface area contributed by atoms with Crippen LogP contribution >= 0.6 is 0 Å². The standard InChI is InChI=1S/C22H23N3O2/c1-14(2)20(25-21(26)18-10-6-4-8-15(18)3)22(27)24-17-12-16-9-5-7-11-19(16)23-13-17/h4-14,20H,1-3H3,(H,24,27)(H,25,26)/t20-/m1/s1. The summed E-state index contributed by atoms with van der Waals surface area (Å²) < 4.78 is 0. The van der Waals surface area contributed by atoms with E-state index in [1.54, 1.807) is 12.3 Å². The van der Waals surface area contributed by atoms with E-state index < -0.39 is 6.04 Å². The van der Waals surface area contributed by atoms with Crippen LogP contribution < -0.4 is 10.6 Å². The first-order valence-electron chi connectivity index (χ1n) is 8.98. The average Bonchev–Trinajstić information content (AvgIpc) is 2.65. The number of fused-ring (bicyclic) bond motifs is 1. The first kappa shape index (κ1) is 18.6. The van der Waals surface area contributed by atoms with Crippen molar-refractivity contribution < 1.29 is 9.59 Å². The highest BCUT2D eigenvalue weighted by atomic mass is 16.2. The summed E-state index contributed by atoms with van der Waals surface area (Å²) in [5, 5.41) is 6.67. The zero-order valence-electron chi connectivity index (χ0n) is 15.7. The van der Waals surface area contributed by atoms with Gasteiger partial charge in [-0.2, -0.15) is 0 Å². The van der Waals surface area contributed by atoms with Crippen molar-refractivity contribution >= 4 is 28.4 Å². The van der Waals surface area contributed by atoms with Gasteiger partial charge in [0.05, 0.1) is 17.4 Å². The van der Waals surface area contributed by atoms with E-state index in [-0.39, 0.29) is 17.7 Å². The number of pyridine rings is 1. The second kappa shape index (κ2) is 7.99. The summed E-state index contributed by atoms with van der Waals surface area (Å²) in [7, 11) is 0. The van der Waals surface area contributed by atoms with Crippen LogP contribution in [0.5, 0.6) is 0 Å². The number of aromatic nitrogens is 1. The predicted octanol–water partition coefficient (Wildman–Crippen LogP) is 3.94. The van der Waals surface area contributed by atoms with E-state index >= 15 is 0 Å². The number of nitrogens with zero attached hydrogens (tertiary/aromatic N) is 1. The van der Waals surface area contributed by atoms with Gasteiger partial charge >= 0.3 is 0 Å². The summed E-state index contributed by atoms with van der Waals surface area (Å²) in [4.78, 5) is 29.8. The molecule has 0 saturated heterocycles. The van der Waals surface area contributed by atoms with Crippen molar-refractivity contribution in [3.63, 3.8) is 0 Å². The van der Waals surface area contributed by atoms with E-state index in [2.05, 4.69) is 15.6 Å². The minimum atomic E-state index is -0.649. The molecule has 0 unspecified atom stereocenters. The number of carbonyl (C=O) groups is 2. The largest absolute Gasteiger partial charge is 0.340 e. The molecule has 0 radical (unpaired) electrons. The maximum absolute atomic E-state index is 12.8. The van der Waals surface area contributed by atoms with Crippen molar-refractivity contribution in [3.8, 4) is 0 Å². The molecule has 5 heteroatoms. The highest BCUT2D eigenvalue weighted by molar-refractivity contribution is 6.02. The van der Waals surface area contributed by atoms with Gasteiger partial charge < -0.3 is 10.6 Å². The van der Waals surface area contributed by atoms with E-state index in [1.165, 1.54) is 0 Å². The van der Waals surface area contributed by atoms with E-state index in [0.717, 1.165) is 16.5 Å². The van der Waals surface area contributed by atoms with Crippen LogP contribution in [-0.2, 0) is 4.79 Å². The third kappa shape index (κ3) is 4.31. The number of rotatable bonds is 5. The normalized spacial score (nSPS) is 12.0. The minimum Gasteiger partial charge on any atom is -0.340 e. The van der Waals surface area contributed by atoms with Crippen molar-refractivity contribution in [1.82, 2.24) is 10.3 Å². The molecule has 5 nitrogen and oxygen atoms in total. The molecule has 0 spiro atoms. The lowest BCUT2D eigenvalue weighted by Gasteiger charge is -2.22. The number of carbonyl (C=O) groups excluding carboxylic acids is 2. The lowest BCUT2D eigenvalue weighted by Crippen LogP contribution is -2.47. The highest BCUT2D eigenvalue weighted by Crippen LogP contribution is 2.17. The molecule has 1 aromatic heterocycles. The third-order valence-electron chi connectivity index (χ3n) is 4.48. The highest BCUT2D eigenvalue weighted by Gasteiger charge is 2.25. The molecule has 138 valence electrons. The SMILES string of the molecule is Cc1ccccc1C(=O)N[C@@H](C(=O)Nc1cnc2ccccc2c1)C(C)C. The van der Waals surface area contributed by atoms with Gasteiger partial charge in [0.25, 0.3) is 5.91 Å². The molecule has 1 atom stereocenters. The monoisotopic (exact) mass is 361 g/mol. The minimum absolute atomic E-state index is 0.0635. The zero-order chi connectivity index (χ0) is 19.4. The van der Waals surface area contributed by atoms with Crippen LogP contribution in [0.2, 0.25) is 0 Å². The molecule has 0 saturated carbocycles. The van der Waals surface area contributed by atoms with Crippen LogP contribution in [0.15, 0.2) is 60.8 Å². The number of para-hydroxylation sites is 1. The Morgan fingerprint density at radius 3 is 2.44 bits per heavy atom. The fourth-order valence-electron chi connectivity index (χ4n) is 2.94. The van der Waals surface area contributed by atoms with Crippen LogP contribution in [0.3, 0.4) is 0 Å². The van der Waals surface area contributed by atoms with Gasteiger partial charge in [-0.05, 0) is 36.6 Å². The van der Waals surface area contributed by atoms with Crippen LogP contribution in [0, 0.1) is 12.8 Å². The Bertz CT molecular complexity index is 982. The second-order valence-electron chi connectivity index (χ2n) is 6.92. The van der Waals surface area contributed by atoms with Gasteiger partial charge in [-0.3, -0.25) is 14.6 Å². The Hall–Kier alpha value is -3.21. The molecular weight excluding hydrogens is 338 g/mol. The topological polar surface area (TPSA) is 71.1 Å². The van der Waals surface area contributed by atoms with Crippen molar-refractivity contribution in [2.45, 2.75) is 26.8 Å². The Morgan fingerprint density at radius 2 is 1.70 bits per heavy atom. The molecule has 0 fully saturated rings. The molecule has 0 aliphatic rings. The third-order valence-corrected chi connectivity index (χ3v) is 4.48. The summed E-state index contributed by atoms with van der Waals surface area (Å²) >= 11 is 0. The van der Waals surface area contributed by atoms with Gasteiger partial charge in [0.15, 0.2) is 0 Å². The summed E-state index contributed by atoms with van der Waals surface area (Å²) in [5.74, 6) is -0.575. The smallest absolute Gasteiger partial charge is 0.252 e. The Labute approximate surface area is 158 Å². The van der Waals surface area contributed by atoms with E-state index in [9.17, 15) is 9.59 Å². The fraction of sp³-hybridized carbons (Fsp3) is 0.227. The number of aryl methyl sites for hydroxylation is 1. The molecule has 3 aromatic rings. The van der Waals surface area contributed by atoms with Crippen LogP contribution in [0.4, 0.5) is 5.69 Å². The maximum atomic E-state index is 12.8. The van der Waals surface area contributed by atoms with Crippen LogP contribution in [0.25, 0.3) is 10.9 Å². The molecule has 2 N–H and O–H groups in total. The van der Waals surface area contributed by atoms with Crippen molar-refractivity contribution in [2.24, 2.45) is 5.92 Å². The van der Waals surface area contributed by atoms with Crippen LogP contribution in [0.1, 0.15) is 29.8 Å². The predicted molar refractivity (Wildman–Crippen MR) is 108 cm³/mol. The Morgan fingerprint density at radius 1 is 1.00 bits per heavy atom. The molecule has 3 rings (SSSR count). The molecule has 0 aliphatic heterocycles. The number of hydrogen-bond donors (Lipinski definition) is 2. The number of hydrogen-bond acceptors (Lipinski definition) is 3. The van der Waals surface area contributed by atoms with Crippen molar-refractivity contribution in [3.05, 3.63) is 71.9 Å². The quantitative estimate of drug-likeness (QED) is 0.723. The lowest BCUT2D eigenvalue weighted by atomic mass is 10.0. The number of nitrogens with one attached hydrogen (secondary N) is 2. The number of anilines is 1.